The highest BCUT2D eigenvalue weighted by Gasteiger charge is 2.43. The smallest absolute Gasteiger partial charge is 0.329 e. The lowest BCUT2D eigenvalue weighted by molar-refractivity contribution is -0.146. The number of urea groups is 1. The molecule has 2 amide bonds. The summed E-state index contributed by atoms with van der Waals surface area (Å²) in [6.45, 7) is 5.93. The molecule has 1 saturated carbocycles. The topological polar surface area (TPSA) is 89.9 Å². The Morgan fingerprint density at radius 1 is 1.43 bits per heavy atom. The van der Waals surface area contributed by atoms with Crippen molar-refractivity contribution in [3.8, 4) is 0 Å². The van der Waals surface area contributed by atoms with Gasteiger partial charge in [0.2, 0.25) is 0 Å². The van der Waals surface area contributed by atoms with Crippen molar-refractivity contribution in [1.82, 2.24) is 10.2 Å². The Bertz CT molecular complexity index is 376. The normalized spacial score (nSPS) is 25.1. The Hall–Kier alpha value is -1.56. The molecule has 0 unspecified atom stereocenters. The maximum absolute atomic E-state index is 12.2. The first-order chi connectivity index (χ1) is 9.99. The van der Waals surface area contributed by atoms with Gasteiger partial charge in [-0.15, -0.1) is 6.58 Å². The van der Waals surface area contributed by atoms with E-state index in [9.17, 15) is 14.7 Å². The number of nitrogens with one attached hydrogen (secondary N) is 1. The maximum Gasteiger partial charge on any atom is 0.329 e. The number of rotatable bonds is 7. The molecule has 6 nitrogen and oxygen atoms in total. The van der Waals surface area contributed by atoms with Crippen LogP contribution in [0.4, 0.5) is 4.79 Å². The van der Waals surface area contributed by atoms with Crippen LogP contribution in [-0.4, -0.2) is 52.3 Å². The van der Waals surface area contributed by atoms with Crippen LogP contribution in [0.2, 0.25) is 0 Å². The fourth-order valence-electron chi connectivity index (χ4n) is 2.81. The molecule has 0 saturated heterocycles. The van der Waals surface area contributed by atoms with E-state index in [1.165, 1.54) is 4.90 Å². The van der Waals surface area contributed by atoms with Gasteiger partial charge in [0.15, 0.2) is 0 Å². The van der Waals surface area contributed by atoms with Gasteiger partial charge in [0, 0.05) is 13.1 Å². The van der Waals surface area contributed by atoms with Gasteiger partial charge < -0.3 is 20.4 Å². The molecule has 1 aliphatic carbocycles. The number of aliphatic hydroxyl groups is 1. The summed E-state index contributed by atoms with van der Waals surface area (Å²) in [5.74, 6) is -0.441. The highest BCUT2D eigenvalue weighted by molar-refractivity contribution is 5.86. The highest BCUT2D eigenvalue weighted by atomic mass is 16.4. The molecule has 0 atom stereocenters. The van der Waals surface area contributed by atoms with Crippen LogP contribution < -0.4 is 5.32 Å². The highest BCUT2D eigenvalue weighted by Crippen LogP contribution is 2.34. The average molecular weight is 298 g/mol. The van der Waals surface area contributed by atoms with E-state index in [1.807, 2.05) is 0 Å². The van der Waals surface area contributed by atoms with Crippen LogP contribution in [0.1, 0.15) is 39.0 Å². The molecule has 120 valence electrons. The lowest BCUT2D eigenvalue weighted by atomic mass is 9.75. The van der Waals surface area contributed by atoms with E-state index < -0.39 is 17.5 Å². The fourth-order valence-corrected chi connectivity index (χ4v) is 2.81. The number of hydrogen-bond acceptors (Lipinski definition) is 3. The first-order valence-corrected chi connectivity index (χ1v) is 7.51. The number of amides is 2. The Morgan fingerprint density at radius 3 is 2.48 bits per heavy atom. The first-order valence-electron chi connectivity index (χ1n) is 7.51. The second-order valence-corrected chi connectivity index (χ2v) is 5.63. The molecular formula is C15H26N2O4. The fraction of sp³-hybridized carbons (Fsp3) is 0.733. The second-order valence-electron chi connectivity index (χ2n) is 5.63. The number of aliphatic carboxylic acids is 1. The van der Waals surface area contributed by atoms with Crippen molar-refractivity contribution in [3.63, 3.8) is 0 Å². The summed E-state index contributed by atoms with van der Waals surface area (Å²) in [5, 5.41) is 21.2. The van der Waals surface area contributed by atoms with Crippen LogP contribution in [-0.2, 0) is 4.79 Å². The van der Waals surface area contributed by atoms with Crippen molar-refractivity contribution < 1.29 is 19.8 Å². The number of hydrogen-bond donors (Lipinski definition) is 3. The average Bonchev–Trinajstić information content (AvgIpc) is 2.47. The van der Waals surface area contributed by atoms with E-state index in [0.717, 1.165) is 19.3 Å². The van der Waals surface area contributed by atoms with E-state index in [0.29, 0.717) is 18.8 Å². The molecule has 3 N–H and O–H groups in total. The molecule has 1 fully saturated rings. The minimum absolute atomic E-state index is 0.158. The Balaban J connectivity index is 2.76. The Morgan fingerprint density at radius 2 is 2.05 bits per heavy atom. The van der Waals surface area contributed by atoms with Gasteiger partial charge in [0.25, 0.3) is 0 Å². The zero-order valence-corrected chi connectivity index (χ0v) is 12.7. The molecular weight excluding hydrogens is 272 g/mol. The lowest BCUT2D eigenvalue weighted by Gasteiger charge is -2.38. The van der Waals surface area contributed by atoms with Crippen molar-refractivity contribution in [1.29, 1.82) is 0 Å². The summed E-state index contributed by atoms with van der Waals surface area (Å²) >= 11 is 0. The summed E-state index contributed by atoms with van der Waals surface area (Å²) in [7, 11) is 0. The predicted molar refractivity (Wildman–Crippen MR) is 80.0 cm³/mol. The third-order valence-electron chi connectivity index (χ3n) is 4.30. The molecule has 0 aromatic carbocycles. The summed E-state index contributed by atoms with van der Waals surface area (Å²) in [4.78, 5) is 25.3. The SMILES string of the molecule is C=CCN(CCO)C(=O)NC1(C(=O)O)CCC(CC)CC1. The van der Waals surface area contributed by atoms with Gasteiger partial charge in [-0.05, 0) is 31.6 Å². The zero-order valence-electron chi connectivity index (χ0n) is 12.7. The summed E-state index contributed by atoms with van der Waals surface area (Å²) < 4.78 is 0. The molecule has 1 rings (SSSR count). The zero-order chi connectivity index (χ0) is 15.9. The standard InChI is InChI=1S/C15H26N2O4/c1-3-9-17(10-11-18)14(21)16-15(13(19)20)7-5-12(4-2)6-8-15/h3,12,18H,1,4-11H2,2H3,(H,16,21)(H,19,20). The van der Waals surface area contributed by atoms with Gasteiger partial charge in [-0.25, -0.2) is 9.59 Å². The van der Waals surface area contributed by atoms with Crippen LogP contribution in [0.3, 0.4) is 0 Å². The number of carbonyl (C=O) groups excluding carboxylic acids is 1. The van der Waals surface area contributed by atoms with Gasteiger partial charge in [0.1, 0.15) is 5.54 Å². The molecule has 0 aromatic rings. The molecule has 0 aromatic heterocycles. The van der Waals surface area contributed by atoms with E-state index in [-0.39, 0.29) is 19.7 Å². The third kappa shape index (κ3) is 4.46. The Labute approximate surface area is 125 Å². The van der Waals surface area contributed by atoms with Crippen LogP contribution in [0, 0.1) is 5.92 Å². The summed E-state index contributed by atoms with van der Waals surface area (Å²) in [6.07, 6.45) is 5.11. The number of nitrogens with zero attached hydrogens (tertiary/aromatic N) is 1. The third-order valence-corrected chi connectivity index (χ3v) is 4.30. The minimum atomic E-state index is -1.18. The van der Waals surface area contributed by atoms with Crippen molar-refractivity contribution in [2.24, 2.45) is 5.92 Å². The number of carboxylic acid groups (broad SMARTS) is 1. The Kier molecular flexibility index (Phi) is 6.68. The van der Waals surface area contributed by atoms with E-state index >= 15 is 0 Å². The quantitative estimate of drug-likeness (QED) is 0.623. The van der Waals surface area contributed by atoms with Crippen molar-refractivity contribution in [3.05, 3.63) is 12.7 Å². The molecule has 21 heavy (non-hydrogen) atoms. The molecule has 0 aliphatic heterocycles. The monoisotopic (exact) mass is 298 g/mol. The van der Waals surface area contributed by atoms with Gasteiger partial charge in [-0.2, -0.15) is 0 Å². The minimum Gasteiger partial charge on any atom is -0.480 e. The van der Waals surface area contributed by atoms with Crippen molar-refractivity contribution in [2.45, 2.75) is 44.6 Å². The number of carboxylic acids is 1. The van der Waals surface area contributed by atoms with Crippen LogP contribution >= 0.6 is 0 Å². The van der Waals surface area contributed by atoms with Gasteiger partial charge in [0.05, 0.1) is 6.61 Å². The maximum atomic E-state index is 12.2. The van der Waals surface area contributed by atoms with Crippen LogP contribution in [0.5, 0.6) is 0 Å². The molecule has 0 spiro atoms. The van der Waals surface area contributed by atoms with Crippen LogP contribution in [0.15, 0.2) is 12.7 Å². The van der Waals surface area contributed by atoms with Crippen molar-refractivity contribution >= 4 is 12.0 Å². The van der Waals surface area contributed by atoms with Gasteiger partial charge >= 0.3 is 12.0 Å². The molecule has 6 heteroatoms. The second kappa shape index (κ2) is 8.02. The van der Waals surface area contributed by atoms with Gasteiger partial charge in [-0.3, -0.25) is 0 Å². The van der Waals surface area contributed by atoms with Crippen LogP contribution in [0.25, 0.3) is 0 Å². The number of aliphatic hydroxyl groups excluding tert-OH is 1. The van der Waals surface area contributed by atoms with E-state index in [4.69, 9.17) is 5.11 Å². The largest absolute Gasteiger partial charge is 0.480 e. The van der Waals surface area contributed by atoms with E-state index in [2.05, 4.69) is 18.8 Å². The molecule has 0 heterocycles. The predicted octanol–water partition coefficient (Wildman–Crippen LogP) is 1.60. The van der Waals surface area contributed by atoms with Gasteiger partial charge in [-0.1, -0.05) is 19.4 Å². The molecule has 0 radical (unpaired) electrons. The summed E-state index contributed by atoms with van der Waals surface area (Å²) in [6, 6.07) is -0.457. The summed E-state index contributed by atoms with van der Waals surface area (Å²) in [5.41, 5.74) is -1.18. The van der Waals surface area contributed by atoms with Crippen molar-refractivity contribution in [2.75, 3.05) is 19.7 Å². The number of carbonyl (C=O) groups is 2. The molecule has 0 bridgehead atoms. The first kappa shape index (κ1) is 17.5. The van der Waals surface area contributed by atoms with E-state index in [1.54, 1.807) is 6.08 Å². The lowest BCUT2D eigenvalue weighted by Crippen LogP contribution is -2.59. The molecule has 1 aliphatic rings.